The Balaban J connectivity index is 1.40. The van der Waals surface area contributed by atoms with Crippen molar-refractivity contribution < 1.29 is 27.6 Å². The van der Waals surface area contributed by atoms with Crippen LogP contribution in [0.1, 0.15) is 48.9 Å². The molecule has 0 amide bonds. The Kier molecular flexibility index (Phi) is 4.77. The molecule has 6 rings (SSSR count). The molecule has 31 heavy (non-hydrogen) atoms. The quantitative estimate of drug-likeness (QED) is 0.534. The second-order valence-corrected chi connectivity index (χ2v) is 11.3. The summed E-state index contributed by atoms with van der Waals surface area (Å²) >= 11 is 0. The molecule has 4 aliphatic rings. The molecule has 0 aromatic heterocycles. The van der Waals surface area contributed by atoms with Crippen molar-refractivity contribution in [2.75, 3.05) is 6.61 Å². The summed E-state index contributed by atoms with van der Waals surface area (Å²) < 4.78 is 38.8. The Labute approximate surface area is 182 Å². The van der Waals surface area contributed by atoms with E-state index in [0.29, 0.717) is 23.8 Å². The second kappa shape index (κ2) is 7.15. The lowest BCUT2D eigenvalue weighted by molar-refractivity contribution is -0.175. The minimum Gasteiger partial charge on any atom is -0.462 e. The van der Waals surface area contributed by atoms with Crippen LogP contribution in [0.2, 0.25) is 0 Å². The number of benzene rings is 2. The van der Waals surface area contributed by atoms with Crippen LogP contribution in [0.25, 0.3) is 11.1 Å². The van der Waals surface area contributed by atoms with Crippen LogP contribution < -0.4 is 0 Å². The van der Waals surface area contributed by atoms with Crippen molar-refractivity contribution in [3.05, 3.63) is 54.1 Å². The van der Waals surface area contributed by atoms with Crippen LogP contribution in [0.15, 0.2) is 53.4 Å². The van der Waals surface area contributed by atoms with Crippen molar-refractivity contribution in [2.24, 2.45) is 17.3 Å². The highest BCUT2D eigenvalue weighted by Crippen LogP contribution is 2.61. The van der Waals surface area contributed by atoms with Crippen molar-refractivity contribution in [3.63, 3.8) is 0 Å². The molecular formula is C24H26O6S. The minimum atomic E-state index is -4.49. The van der Waals surface area contributed by atoms with Crippen LogP contribution in [-0.2, 0) is 14.9 Å². The molecule has 0 saturated heterocycles. The van der Waals surface area contributed by atoms with E-state index in [-0.39, 0.29) is 22.5 Å². The fraction of sp³-hybridized carbons (Fsp3) is 0.458. The van der Waals surface area contributed by atoms with Crippen LogP contribution in [0.3, 0.4) is 0 Å². The zero-order valence-corrected chi connectivity index (χ0v) is 18.0. The molecule has 4 saturated carbocycles. The summed E-state index contributed by atoms with van der Waals surface area (Å²) in [6.07, 6.45) is 5.40. The van der Waals surface area contributed by atoms with Gasteiger partial charge >= 0.3 is 5.97 Å². The van der Waals surface area contributed by atoms with Crippen molar-refractivity contribution in [1.82, 2.24) is 0 Å². The molecule has 0 heterocycles. The Morgan fingerprint density at radius 3 is 2.29 bits per heavy atom. The van der Waals surface area contributed by atoms with Crippen molar-refractivity contribution in [1.29, 1.82) is 0 Å². The molecule has 4 fully saturated rings. The summed E-state index contributed by atoms with van der Waals surface area (Å²) in [7, 11) is -4.49. The first-order valence-electron chi connectivity index (χ1n) is 10.7. The highest BCUT2D eigenvalue weighted by Gasteiger charge is 2.57. The van der Waals surface area contributed by atoms with Gasteiger partial charge in [0.2, 0.25) is 0 Å². The number of aliphatic hydroxyl groups is 1. The summed E-state index contributed by atoms with van der Waals surface area (Å²) in [5, 5.41) is 10.9. The molecule has 2 aromatic rings. The average molecular weight is 443 g/mol. The van der Waals surface area contributed by atoms with Gasteiger partial charge in [-0.2, -0.15) is 8.42 Å². The van der Waals surface area contributed by atoms with Gasteiger partial charge in [-0.1, -0.05) is 30.3 Å². The van der Waals surface area contributed by atoms with Crippen molar-refractivity contribution >= 4 is 16.1 Å². The van der Waals surface area contributed by atoms with Crippen molar-refractivity contribution in [2.45, 2.75) is 49.0 Å². The lowest BCUT2D eigenvalue weighted by atomic mass is 9.48. The molecule has 6 nitrogen and oxygen atoms in total. The van der Waals surface area contributed by atoms with Crippen LogP contribution in [0, 0.1) is 17.3 Å². The predicted octanol–water partition coefficient (Wildman–Crippen LogP) is 4.09. The zero-order chi connectivity index (χ0) is 21.9. The molecule has 2 aromatic carbocycles. The van der Waals surface area contributed by atoms with Gasteiger partial charge in [0, 0.05) is 5.41 Å². The molecule has 2 N–H and O–H groups in total. The number of ether oxygens (including phenoxy) is 1. The topological polar surface area (TPSA) is 101 Å². The average Bonchev–Trinajstić information content (AvgIpc) is 2.70. The van der Waals surface area contributed by atoms with Crippen LogP contribution >= 0.6 is 0 Å². The molecule has 7 heteroatoms. The van der Waals surface area contributed by atoms with Crippen LogP contribution in [0.4, 0.5) is 0 Å². The van der Waals surface area contributed by atoms with E-state index < -0.39 is 21.7 Å². The summed E-state index contributed by atoms with van der Waals surface area (Å²) in [6, 6.07) is 13.1. The first-order chi connectivity index (χ1) is 14.6. The third-order valence-electron chi connectivity index (χ3n) is 7.21. The highest BCUT2D eigenvalue weighted by molar-refractivity contribution is 7.85. The smallest absolute Gasteiger partial charge is 0.338 e. The number of carbonyl (C=O) groups excluding carboxylic acids is 1. The number of hydrogen-bond acceptors (Lipinski definition) is 5. The normalized spacial score (nSPS) is 31.5. The highest BCUT2D eigenvalue weighted by atomic mass is 32.2. The Bertz CT molecular complexity index is 1110. The SMILES string of the molecule is O=C(OCC12CC3CC(CC(O)(C3)C1)C2)c1cc(-c2ccccc2)cc(S(=O)(=O)O)c1. The third-order valence-corrected chi connectivity index (χ3v) is 8.04. The summed E-state index contributed by atoms with van der Waals surface area (Å²) in [5.41, 5.74) is 0.480. The summed E-state index contributed by atoms with van der Waals surface area (Å²) in [6.45, 7) is 0.220. The number of esters is 1. The first kappa shape index (κ1) is 20.7. The largest absolute Gasteiger partial charge is 0.462 e. The van der Waals surface area contributed by atoms with Gasteiger partial charge in [-0.15, -0.1) is 0 Å². The van der Waals surface area contributed by atoms with Gasteiger partial charge in [-0.25, -0.2) is 4.79 Å². The van der Waals surface area contributed by atoms with Gasteiger partial charge in [-0.3, -0.25) is 4.55 Å². The molecule has 164 valence electrons. The van der Waals surface area contributed by atoms with Gasteiger partial charge in [0.1, 0.15) is 0 Å². The van der Waals surface area contributed by atoms with Gasteiger partial charge < -0.3 is 9.84 Å². The maximum Gasteiger partial charge on any atom is 0.338 e. The molecule has 2 unspecified atom stereocenters. The van der Waals surface area contributed by atoms with E-state index in [1.165, 1.54) is 6.07 Å². The number of carbonyl (C=O) groups is 1. The van der Waals surface area contributed by atoms with Gasteiger partial charge in [0.15, 0.2) is 0 Å². The van der Waals surface area contributed by atoms with E-state index in [1.54, 1.807) is 18.2 Å². The molecule has 4 aliphatic carbocycles. The molecular weight excluding hydrogens is 416 g/mol. The lowest BCUT2D eigenvalue weighted by Gasteiger charge is -2.59. The zero-order valence-electron chi connectivity index (χ0n) is 17.2. The maximum absolute atomic E-state index is 12.9. The minimum absolute atomic E-state index is 0.0809. The number of hydrogen-bond donors (Lipinski definition) is 2. The monoisotopic (exact) mass is 442 g/mol. The van der Waals surface area contributed by atoms with E-state index in [4.69, 9.17) is 4.74 Å². The fourth-order valence-electron chi connectivity index (χ4n) is 6.54. The molecule has 0 radical (unpaired) electrons. The van der Waals surface area contributed by atoms with E-state index in [2.05, 4.69) is 0 Å². The van der Waals surface area contributed by atoms with Crippen LogP contribution in [0.5, 0.6) is 0 Å². The first-order valence-corrected chi connectivity index (χ1v) is 12.1. The maximum atomic E-state index is 12.9. The molecule has 4 bridgehead atoms. The summed E-state index contributed by atoms with van der Waals surface area (Å²) in [5.74, 6) is 0.348. The second-order valence-electron chi connectivity index (χ2n) is 9.85. The van der Waals surface area contributed by atoms with Crippen molar-refractivity contribution in [3.8, 4) is 11.1 Å². The summed E-state index contributed by atoms with van der Waals surface area (Å²) in [4.78, 5) is 12.6. The third kappa shape index (κ3) is 4.02. The molecule has 2 atom stereocenters. The Morgan fingerprint density at radius 1 is 1.00 bits per heavy atom. The van der Waals surface area contributed by atoms with E-state index in [0.717, 1.165) is 43.7 Å². The van der Waals surface area contributed by atoms with Gasteiger partial charge in [-0.05, 0) is 79.7 Å². The van der Waals surface area contributed by atoms with E-state index in [9.17, 15) is 22.9 Å². The lowest BCUT2D eigenvalue weighted by Crippen LogP contribution is -2.57. The standard InChI is InChI=1S/C24H26O6S/c25-22(30-15-23-10-16-6-17(11-23)13-24(26,12-16)14-23)20-7-19(18-4-2-1-3-5-18)8-21(9-20)31(27,28)29/h1-5,7-9,16-17,26H,6,10-15H2,(H,27,28,29). The Hall–Kier alpha value is -2.22. The van der Waals surface area contributed by atoms with E-state index >= 15 is 0 Å². The molecule has 0 spiro atoms. The van der Waals surface area contributed by atoms with E-state index in [1.807, 2.05) is 18.2 Å². The Morgan fingerprint density at radius 2 is 1.68 bits per heavy atom. The number of rotatable bonds is 5. The molecule has 0 aliphatic heterocycles. The van der Waals surface area contributed by atoms with Gasteiger partial charge in [0.05, 0.1) is 22.7 Å². The fourth-order valence-corrected chi connectivity index (χ4v) is 7.09. The predicted molar refractivity (Wildman–Crippen MR) is 114 cm³/mol. The van der Waals surface area contributed by atoms with Crippen LogP contribution in [-0.4, -0.2) is 36.3 Å². The van der Waals surface area contributed by atoms with Gasteiger partial charge in [0.25, 0.3) is 10.1 Å².